The van der Waals surface area contributed by atoms with Gasteiger partial charge in [0.25, 0.3) is 0 Å². The summed E-state index contributed by atoms with van der Waals surface area (Å²) in [4.78, 5) is 34.2. The van der Waals surface area contributed by atoms with Gasteiger partial charge in [0.2, 0.25) is 5.91 Å². The second-order valence-electron chi connectivity index (χ2n) is 9.77. The minimum absolute atomic E-state index is 0.0523. The highest BCUT2D eigenvalue weighted by Gasteiger charge is 2.23. The van der Waals surface area contributed by atoms with Crippen molar-refractivity contribution in [1.29, 1.82) is 0 Å². The second kappa shape index (κ2) is 9.39. The molecule has 0 aliphatic heterocycles. The van der Waals surface area contributed by atoms with Crippen LogP contribution >= 0.6 is 0 Å². The van der Waals surface area contributed by atoms with Crippen LogP contribution < -0.4 is 5.32 Å². The molecule has 0 radical (unpaired) electrons. The van der Waals surface area contributed by atoms with Crippen LogP contribution in [0, 0.1) is 11.7 Å². The minimum atomic E-state index is -0.308. The van der Waals surface area contributed by atoms with Gasteiger partial charge in [-0.05, 0) is 55.3 Å². The van der Waals surface area contributed by atoms with E-state index in [0.717, 1.165) is 53.3 Å². The van der Waals surface area contributed by atoms with E-state index in [0.29, 0.717) is 34.1 Å². The van der Waals surface area contributed by atoms with Gasteiger partial charge < -0.3 is 10.3 Å². The monoisotopic (exact) mass is 518 g/mol. The van der Waals surface area contributed by atoms with Crippen LogP contribution in [-0.4, -0.2) is 41.0 Å². The number of nitrogens with one attached hydrogen (secondary N) is 3. The molecule has 10 heteroatoms. The number of carbonyl (C=O) groups excluding carboxylic acids is 1. The van der Waals surface area contributed by atoms with E-state index in [-0.39, 0.29) is 17.6 Å². The number of hydrogen-bond acceptors (Lipinski definition) is 6. The molecule has 0 atom stereocenters. The number of halogens is 1. The van der Waals surface area contributed by atoms with Gasteiger partial charge in [-0.1, -0.05) is 12.8 Å². The molecular formula is C29H23FN8O. The molecule has 0 bridgehead atoms. The van der Waals surface area contributed by atoms with Crippen LogP contribution in [0.1, 0.15) is 25.7 Å². The highest BCUT2D eigenvalue weighted by Crippen LogP contribution is 2.32. The molecule has 1 aromatic carbocycles. The zero-order valence-corrected chi connectivity index (χ0v) is 20.8. The van der Waals surface area contributed by atoms with Crippen molar-refractivity contribution in [1.82, 2.24) is 35.1 Å². The summed E-state index contributed by atoms with van der Waals surface area (Å²) in [5, 5.41) is 11.3. The van der Waals surface area contributed by atoms with Crippen molar-refractivity contribution in [3.63, 3.8) is 0 Å². The van der Waals surface area contributed by atoms with Crippen molar-refractivity contribution in [3.8, 4) is 33.9 Å². The standard InChI is InChI=1S/C29H23FN8O/c30-20-7-5-16(6-8-20)24-26-23(9-10-32-24)35-28(36-26)25-22-12-19(14-33-27(22)38-37-25)18-11-21(15-31-13-18)34-29(39)17-3-1-2-4-17/h5-15,17H,1-4H2,(H,34,39)(H,35,36)(H,33,37,38). The number of nitrogens with zero attached hydrogens (tertiary/aromatic N) is 5. The number of anilines is 1. The van der Waals surface area contributed by atoms with Gasteiger partial charge in [-0.25, -0.2) is 14.4 Å². The fourth-order valence-electron chi connectivity index (χ4n) is 5.21. The lowest BCUT2D eigenvalue weighted by atomic mass is 10.1. The largest absolute Gasteiger partial charge is 0.336 e. The quantitative estimate of drug-likeness (QED) is 0.261. The van der Waals surface area contributed by atoms with Gasteiger partial charge in [0, 0.05) is 41.2 Å². The fourth-order valence-corrected chi connectivity index (χ4v) is 5.21. The molecule has 5 aromatic heterocycles. The third-order valence-electron chi connectivity index (χ3n) is 7.22. The molecule has 39 heavy (non-hydrogen) atoms. The molecule has 0 spiro atoms. The van der Waals surface area contributed by atoms with Crippen molar-refractivity contribution in [2.45, 2.75) is 25.7 Å². The van der Waals surface area contributed by atoms with E-state index in [4.69, 9.17) is 4.98 Å². The third kappa shape index (κ3) is 4.29. The molecule has 1 fully saturated rings. The molecular weight excluding hydrogens is 495 g/mol. The van der Waals surface area contributed by atoms with Crippen molar-refractivity contribution in [3.05, 3.63) is 73.1 Å². The van der Waals surface area contributed by atoms with Crippen LogP contribution in [-0.2, 0) is 4.79 Å². The summed E-state index contributed by atoms with van der Waals surface area (Å²) in [6.45, 7) is 0. The Kier molecular flexibility index (Phi) is 5.58. The van der Waals surface area contributed by atoms with Gasteiger partial charge in [-0.2, -0.15) is 5.10 Å². The molecule has 1 aliphatic rings. The second-order valence-corrected chi connectivity index (χ2v) is 9.77. The third-order valence-corrected chi connectivity index (χ3v) is 7.22. The minimum Gasteiger partial charge on any atom is -0.336 e. The van der Waals surface area contributed by atoms with Crippen LogP contribution in [0.3, 0.4) is 0 Å². The van der Waals surface area contributed by atoms with Crippen LogP contribution in [0.25, 0.3) is 56.0 Å². The summed E-state index contributed by atoms with van der Waals surface area (Å²) in [6.07, 6.45) is 10.9. The van der Waals surface area contributed by atoms with Crippen molar-refractivity contribution in [2.24, 2.45) is 5.92 Å². The predicted molar refractivity (Wildman–Crippen MR) is 146 cm³/mol. The molecule has 1 aliphatic carbocycles. The normalized spacial score (nSPS) is 13.9. The number of pyridine rings is 3. The lowest BCUT2D eigenvalue weighted by molar-refractivity contribution is -0.119. The Hall–Kier alpha value is -4.99. The molecule has 9 nitrogen and oxygen atoms in total. The summed E-state index contributed by atoms with van der Waals surface area (Å²) in [6, 6.07) is 11.9. The van der Waals surface area contributed by atoms with Gasteiger partial charge in [0.05, 0.1) is 28.5 Å². The van der Waals surface area contributed by atoms with Gasteiger partial charge in [-0.15, -0.1) is 0 Å². The number of H-pyrrole nitrogens is 2. The Morgan fingerprint density at radius 2 is 1.74 bits per heavy atom. The summed E-state index contributed by atoms with van der Waals surface area (Å²) in [5.74, 6) is 0.374. The smallest absolute Gasteiger partial charge is 0.227 e. The highest BCUT2D eigenvalue weighted by molar-refractivity contribution is 5.97. The van der Waals surface area contributed by atoms with Crippen molar-refractivity contribution < 1.29 is 9.18 Å². The molecule has 0 unspecified atom stereocenters. The summed E-state index contributed by atoms with van der Waals surface area (Å²) in [7, 11) is 0. The van der Waals surface area contributed by atoms with E-state index in [9.17, 15) is 9.18 Å². The Morgan fingerprint density at radius 1 is 0.923 bits per heavy atom. The van der Waals surface area contributed by atoms with Gasteiger partial charge in [-0.3, -0.25) is 19.9 Å². The van der Waals surface area contributed by atoms with Gasteiger partial charge >= 0.3 is 0 Å². The summed E-state index contributed by atoms with van der Waals surface area (Å²) >= 11 is 0. The number of rotatable bonds is 5. The van der Waals surface area contributed by atoms with Crippen molar-refractivity contribution >= 4 is 33.7 Å². The van der Waals surface area contributed by atoms with Crippen LogP contribution in [0.5, 0.6) is 0 Å². The molecule has 7 rings (SSSR count). The number of fused-ring (bicyclic) bond motifs is 2. The predicted octanol–water partition coefficient (Wildman–Crippen LogP) is 5.89. The Bertz CT molecular complexity index is 1840. The lowest BCUT2D eigenvalue weighted by Gasteiger charge is -2.11. The Balaban J connectivity index is 1.24. The zero-order valence-electron chi connectivity index (χ0n) is 20.8. The van der Waals surface area contributed by atoms with E-state index >= 15 is 0 Å². The number of imidazole rings is 1. The maximum atomic E-state index is 13.5. The first-order valence-corrected chi connectivity index (χ1v) is 12.8. The SMILES string of the molecule is O=C(Nc1cncc(-c2cnc3[nH]nc(-c4nc5c(-c6ccc(F)cc6)nccc5[nH]4)c3c2)c1)C1CCCC1. The Morgan fingerprint density at radius 3 is 2.59 bits per heavy atom. The summed E-state index contributed by atoms with van der Waals surface area (Å²) < 4.78 is 13.5. The number of hydrogen-bond donors (Lipinski definition) is 3. The zero-order chi connectivity index (χ0) is 26.3. The summed E-state index contributed by atoms with van der Waals surface area (Å²) in [5.41, 5.74) is 6.41. The van der Waals surface area contributed by atoms with Crippen LogP contribution in [0.4, 0.5) is 10.1 Å². The van der Waals surface area contributed by atoms with Gasteiger partial charge in [0.15, 0.2) is 11.5 Å². The van der Waals surface area contributed by atoms with E-state index in [1.54, 1.807) is 36.9 Å². The van der Waals surface area contributed by atoms with Crippen molar-refractivity contribution in [2.75, 3.05) is 5.32 Å². The molecule has 1 saturated carbocycles. The molecule has 3 N–H and O–H groups in total. The Labute approximate surface area is 222 Å². The maximum absolute atomic E-state index is 13.5. The number of benzene rings is 1. The van der Waals surface area contributed by atoms with Gasteiger partial charge in [0.1, 0.15) is 17.0 Å². The van der Waals surface area contributed by atoms with E-state index < -0.39 is 0 Å². The topological polar surface area (TPSA) is 125 Å². The number of aromatic nitrogens is 7. The van der Waals surface area contributed by atoms with E-state index in [1.165, 1.54) is 12.1 Å². The molecule has 192 valence electrons. The molecule has 5 heterocycles. The average Bonchev–Trinajstić information content (AvgIpc) is 3.73. The molecule has 1 amide bonds. The first kappa shape index (κ1) is 23.2. The molecule has 6 aromatic rings. The van der Waals surface area contributed by atoms with Crippen LogP contribution in [0.2, 0.25) is 0 Å². The highest BCUT2D eigenvalue weighted by atomic mass is 19.1. The van der Waals surface area contributed by atoms with E-state index in [1.807, 2.05) is 18.2 Å². The average molecular weight is 519 g/mol. The van der Waals surface area contributed by atoms with E-state index in [2.05, 4.69) is 35.5 Å². The number of amides is 1. The fraction of sp³-hybridized carbons (Fsp3) is 0.172. The first-order valence-electron chi connectivity index (χ1n) is 12.8. The lowest BCUT2D eigenvalue weighted by Crippen LogP contribution is -2.20. The molecule has 0 saturated heterocycles. The number of aromatic amines is 2. The number of carbonyl (C=O) groups is 1. The van der Waals surface area contributed by atoms with Crippen LogP contribution in [0.15, 0.2) is 67.3 Å². The maximum Gasteiger partial charge on any atom is 0.227 e. The first-order chi connectivity index (χ1) is 19.1.